The Morgan fingerprint density at radius 2 is 2.08 bits per heavy atom. The van der Waals surface area contributed by atoms with E-state index in [1.165, 1.54) is 24.9 Å². The number of hydrogen-bond acceptors (Lipinski definition) is 4. The molecule has 5 nitrogen and oxygen atoms in total. The molecule has 1 unspecified atom stereocenters. The van der Waals surface area contributed by atoms with Crippen LogP contribution >= 0.6 is 0 Å². The lowest BCUT2D eigenvalue weighted by Crippen LogP contribution is -2.55. The number of hydrogen-bond donors (Lipinski definition) is 1. The van der Waals surface area contributed by atoms with Gasteiger partial charge in [-0.05, 0) is 63.4 Å². The molecule has 140 valence electrons. The van der Waals surface area contributed by atoms with Gasteiger partial charge in [-0.1, -0.05) is 12.1 Å². The molecule has 2 aliphatic heterocycles. The monoisotopic (exact) mass is 354 g/mol. The molecule has 0 spiro atoms. The Morgan fingerprint density at radius 3 is 2.85 bits per heavy atom. The average Bonchev–Trinajstić information content (AvgIpc) is 3.21. The number of piperazine rings is 1. The third kappa shape index (κ3) is 3.56. The quantitative estimate of drug-likeness (QED) is 0.896. The van der Waals surface area contributed by atoms with Crippen LogP contribution in [0.4, 0.5) is 0 Å². The molecule has 2 saturated heterocycles. The first kappa shape index (κ1) is 17.7. The molecule has 2 aromatic rings. The molecular formula is C21H30N4O. The van der Waals surface area contributed by atoms with Crippen molar-refractivity contribution in [3.63, 3.8) is 0 Å². The standard InChI is InChI=1S/C21H30N4O/c1-16-11-17(2)25(22-16)19-6-3-5-18(12-19)13-24-15-20-7-4-9-23(20)14-21(24)8-10-26/h3,5-6,11-12,20-21,26H,4,7-10,13-15H2,1-2H3/t20?,21-/m0/s1. The molecule has 5 heteroatoms. The lowest BCUT2D eigenvalue weighted by molar-refractivity contribution is 0.0333. The van der Waals surface area contributed by atoms with Gasteiger partial charge in [0.05, 0.1) is 11.4 Å². The largest absolute Gasteiger partial charge is 0.396 e. The Balaban J connectivity index is 1.54. The van der Waals surface area contributed by atoms with Crippen molar-refractivity contribution < 1.29 is 5.11 Å². The lowest BCUT2D eigenvalue weighted by Gasteiger charge is -2.43. The van der Waals surface area contributed by atoms with Crippen molar-refractivity contribution in [3.8, 4) is 5.69 Å². The van der Waals surface area contributed by atoms with Crippen LogP contribution in [-0.4, -0.2) is 63.0 Å². The van der Waals surface area contributed by atoms with Gasteiger partial charge in [-0.3, -0.25) is 9.80 Å². The zero-order chi connectivity index (χ0) is 18.1. The van der Waals surface area contributed by atoms with Crippen molar-refractivity contribution in [2.75, 3.05) is 26.2 Å². The Hall–Kier alpha value is -1.69. The Labute approximate surface area is 156 Å². The molecule has 0 bridgehead atoms. The van der Waals surface area contributed by atoms with Gasteiger partial charge in [0.15, 0.2) is 0 Å². The van der Waals surface area contributed by atoms with Gasteiger partial charge < -0.3 is 5.11 Å². The fraction of sp³-hybridized carbons (Fsp3) is 0.571. The number of nitrogens with zero attached hydrogens (tertiary/aromatic N) is 4. The van der Waals surface area contributed by atoms with Crippen LogP contribution in [-0.2, 0) is 6.54 Å². The maximum Gasteiger partial charge on any atom is 0.0651 e. The maximum atomic E-state index is 9.51. The first-order valence-electron chi connectivity index (χ1n) is 9.85. The summed E-state index contributed by atoms with van der Waals surface area (Å²) in [4.78, 5) is 5.21. The number of aromatic nitrogens is 2. The highest BCUT2D eigenvalue weighted by Crippen LogP contribution is 2.27. The van der Waals surface area contributed by atoms with Gasteiger partial charge in [-0.25, -0.2) is 4.68 Å². The van der Waals surface area contributed by atoms with E-state index in [9.17, 15) is 5.11 Å². The van der Waals surface area contributed by atoms with Crippen molar-refractivity contribution in [1.82, 2.24) is 19.6 Å². The molecule has 0 radical (unpaired) electrons. The number of rotatable bonds is 5. The van der Waals surface area contributed by atoms with Gasteiger partial charge in [-0.15, -0.1) is 0 Å². The normalized spacial score (nSPS) is 24.1. The smallest absolute Gasteiger partial charge is 0.0651 e. The lowest BCUT2D eigenvalue weighted by atomic mass is 10.0. The summed E-state index contributed by atoms with van der Waals surface area (Å²) in [6, 6.07) is 12.0. The molecule has 1 aromatic heterocycles. The Bertz CT molecular complexity index is 756. The predicted octanol–water partition coefficient (Wildman–Crippen LogP) is 2.52. The average molecular weight is 354 g/mol. The number of benzene rings is 1. The van der Waals surface area contributed by atoms with Crippen LogP contribution in [0.3, 0.4) is 0 Å². The molecule has 2 atom stereocenters. The van der Waals surface area contributed by atoms with Gasteiger partial charge in [0.1, 0.15) is 0 Å². The van der Waals surface area contributed by atoms with Crippen molar-refractivity contribution >= 4 is 0 Å². The van der Waals surface area contributed by atoms with Crippen molar-refractivity contribution in [2.45, 2.75) is 51.7 Å². The van der Waals surface area contributed by atoms with Crippen LogP contribution in [0.2, 0.25) is 0 Å². The van der Waals surface area contributed by atoms with Crippen molar-refractivity contribution in [3.05, 3.63) is 47.3 Å². The zero-order valence-corrected chi connectivity index (χ0v) is 15.9. The van der Waals surface area contributed by atoms with Crippen LogP contribution in [0.1, 0.15) is 36.2 Å². The van der Waals surface area contributed by atoms with E-state index in [4.69, 9.17) is 0 Å². The van der Waals surface area contributed by atoms with E-state index in [0.717, 1.165) is 43.1 Å². The minimum absolute atomic E-state index is 0.269. The van der Waals surface area contributed by atoms with E-state index in [-0.39, 0.29) is 6.61 Å². The van der Waals surface area contributed by atoms with Gasteiger partial charge in [0, 0.05) is 44.0 Å². The third-order valence-corrected chi connectivity index (χ3v) is 5.92. The van der Waals surface area contributed by atoms with Crippen molar-refractivity contribution in [1.29, 1.82) is 0 Å². The van der Waals surface area contributed by atoms with E-state index in [0.29, 0.717) is 12.1 Å². The third-order valence-electron chi connectivity index (χ3n) is 5.92. The molecule has 26 heavy (non-hydrogen) atoms. The second-order valence-corrected chi connectivity index (χ2v) is 7.90. The molecule has 1 N–H and O–H groups in total. The van der Waals surface area contributed by atoms with Crippen LogP contribution < -0.4 is 0 Å². The zero-order valence-electron chi connectivity index (χ0n) is 15.9. The molecule has 0 aliphatic carbocycles. The SMILES string of the molecule is Cc1cc(C)n(-c2cccc(CN3CC4CCCN4C[C@@H]3CCO)c2)n1. The molecule has 0 saturated carbocycles. The highest BCUT2D eigenvalue weighted by atomic mass is 16.3. The summed E-state index contributed by atoms with van der Waals surface area (Å²) in [5, 5.41) is 14.1. The molecule has 3 heterocycles. The van der Waals surface area contributed by atoms with Crippen LogP contribution in [0.5, 0.6) is 0 Å². The molecule has 0 amide bonds. The van der Waals surface area contributed by atoms with E-state index in [1.807, 2.05) is 11.6 Å². The number of aliphatic hydroxyl groups excluding tert-OH is 1. The summed E-state index contributed by atoms with van der Waals surface area (Å²) in [5.74, 6) is 0. The van der Waals surface area contributed by atoms with Crippen LogP contribution in [0.25, 0.3) is 5.69 Å². The minimum atomic E-state index is 0.269. The Kier molecular flexibility index (Phi) is 5.11. The summed E-state index contributed by atoms with van der Waals surface area (Å²) >= 11 is 0. The van der Waals surface area contributed by atoms with Crippen LogP contribution in [0.15, 0.2) is 30.3 Å². The number of aliphatic hydroxyl groups is 1. The fourth-order valence-electron chi connectivity index (χ4n) is 4.68. The maximum absolute atomic E-state index is 9.51. The van der Waals surface area contributed by atoms with Gasteiger partial charge in [0.25, 0.3) is 0 Å². The van der Waals surface area contributed by atoms with Crippen LogP contribution in [0, 0.1) is 13.8 Å². The van der Waals surface area contributed by atoms with E-state index in [1.54, 1.807) is 0 Å². The van der Waals surface area contributed by atoms with Gasteiger partial charge in [-0.2, -0.15) is 5.10 Å². The molecular weight excluding hydrogens is 324 g/mol. The second kappa shape index (κ2) is 7.51. The summed E-state index contributed by atoms with van der Waals surface area (Å²) in [7, 11) is 0. The van der Waals surface area contributed by atoms with E-state index < -0.39 is 0 Å². The second-order valence-electron chi connectivity index (χ2n) is 7.90. The topological polar surface area (TPSA) is 44.5 Å². The number of fused-ring (bicyclic) bond motifs is 1. The van der Waals surface area contributed by atoms with Gasteiger partial charge in [0.2, 0.25) is 0 Å². The minimum Gasteiger partial charge on any atom is -0.396 e. The highest BCUT2D eigenvalue weighted by molar-refractivity contribution is 5.37. The molecule has 2 fully saturated rings. The first-order valence-corrected chi connectivity index (χ1v) is 9.85. The summed E-state index contributed by atoms with van der Waals surface area (Å²) in [6.45, 7) is 8.80. The summed E-state index contributed by atoms with van der Waals surface area (Å²) in [6.07, 6.45) is 3.49. The summed E-state index contributed by atoms with van der Waals surface area (Å²) in [5.41, 5.74) is 4.67. The fourth-order valence-corrected chi connectivity index (χ4v) is 4.68. The first-order chi connectivity index (χ1) is 12.6. The van der Waals surface area contributed by atoms with E-state index >= 15 is 0 Å². The predicted molar refractivity (Wildman–Crippen MR) is 104 cm³/mol. The molecule has 4 rings (SSSR count). The molecule has 1 aromatic carbocycles. The summed E-state index contributed by atoms with van der Waals surface area (Å²) < 4.78 is 2.03. The van der Waals surface area contributed by atoms with Crippen molar-refractivity contribution in [2.24, 2.45) is 0 Å². The van der Waals surface area contributed by atoms with Gasteiger partial charge >= 0.3 is 0 Å². The Morgan fingerprint density at radius 1 is 1.19 bits per heavy atom. The number of aryl methyl sites for hydroxylation is 2. The highest BCUT2D eigenvalue weighted by Gasteiger charge is 2.35. The molecule has 2 aliphatic rings. The van der Waals surface area contributed by atoms with E-state index in [2.05, 4.69) is 52.2 Å².